The van der Waals surface area contributed by atoms with Crippen LogP contribution in [-0.2, 0) is 13.5 Å². The number of halogens is 1. The minimum Gasteiger partial charge on any atom is -0.323 e. The molecule has 104 valence electrons. The van der Waals surface area contributed by atoms with E-state index in [1.807, 2.05) is 14.0 Å². The van der Waals surface area contributed by atoms with Crippen LogP contribution in [0.2, 0.25) is 5.15 Å². The molecule has 0 aliphatic heterocycles. The molecule has 0 spiro atoms. The Balaban J connectivity index is 2.26. The van der Waals surface area contributed by atoms with Gasteiger partial charge in [-0.05, 0) is 30.8 Å². The zero-order valence-electron chi connectivity index (χ0n) is 11.5. The highest BCUT2D eigenvalue weighted by Crippen LogP contribution is 2.29. The van der Waals surface area contributed by atoms with E-state index in [9.17, 15) is 0 Å². The number of aryl methyl sites for hydroxylation is 2. The average Bonchev–Trinajstić information content (AvgIpc) is 2.90. The van der Waals surface area contributed by atoms with Crippen LogP contribution in [0.5, 0.6) is 0 Å². The predicted molar refractivity (Wildman–Crippen MR) is 77.6 cm³/mol. The lowest BCUT2D eigenvalue weighted by Gasteiger charge is -2.12. The molecule has 19 heavy (non-hydrogen) atoms. The van der Waals surface area contributed by atoms with E-state index in [4.69, 9.17) is 17.3 Å². The van der Waals surface area contributed by atoms with Crippen LogP contribution < -0.4 is 5.73 Å². The molecule has 5 nitrogen and oxygen atoms in total. The first-order valence-corrected chi connectivity index (χ1v) is 7.32. The van der Waals surface area contributed by atoms with E-state index in [0.717, 1.165) is 21.8 Å². The monoisotopic (exact) mass is 299 g/mol. The molecule has 2 N–H and O–H groups in total. The van der Waals surface area contributed by atoms with Crippen LogP contribution >= 0.6 is 23.1 Å². The Hall–Kier alpha value is -0.980. The predicted octanol–water partition coefficient (Wildman–Crippen LogP) is 2.60. The summed E-state index contributed by atoms with van der Waals surface area (Å²) in [6, 6.07) is -0.141. The van der Waals surface area contributed by atoms with Crippen molar-refractivity contribution in [2.24, 2.45) is 12.8 Å². The summed E-state index contributed by atoms with van der Waals surface area (Å²) in [5, 5.41) is 9.12. The van der Waals surface area contributed by atoms with Crippen LogP contribution in [-0.4, -0.2) is 19.4 Å². The number of rotatable bonds is 4. The summed E-state index contributed by atoms with van der Waals surface area (Å²) in [6.45, 7) is 6.13. The minimum atomic E-state index is -0.141. The van der Waals surface area contributed by atoms with Gasteiger partial charge in [-0.15, -0.1) is 5.10 Å². The number of nitrogens with two attached hydrogens (primary N) is 1. The standard InChI is InChI=1S/C12H18ClN5S/c1-6(2)10-11(19-17-15-10)9(14)5-8-7(3)16-18(4)12(8)13/h6,9H,5,14H2,1-4H3. The molecule has 7 heteroatoms. The van der Waals surface area contributed by atoms with E-state index in [2.05, 4.69) is 28.5 Å². The van der Waals surface area contributed by atoms with Crippen LogP contribution in [0.3, 0.4) is 0 Å². The lowest BCUT2D eigenvalue weighted by atomic mass is 10.0. The van der Waals surface area contributed by atoms with Gasteiger partial charge in [-0.1, -0.05) is 29.9 Å². The molecule has 2 heterocycles. The lowest BCUT2D eigenvalue weighted by Crippen LogP contribution is -2.15. The summed E-state index contributed by atoms with van der Waals surface area (Å²) < 4.78 is 5.69. The van der Waals surface area contributed by atoms with Crippen LogP contribution in [0.15, 0.2) is 0 Å². The summed E-state index contributed by atoms with van der Waals surface area (Å²) >= 11 is 7.61. The Bertz CT molecular complexity index is 575. The van der Waals surface area contributed by atoms with Crippen molar-refractivity contribution in [3.63, 3.8) is 0 Å². The fraction of sp³-hybridized carbons (Fsp3) is 0.583. The van der Waals surface area contributed by atoms with E-state index in [1.54, 1.807) is 4.68 Å². The van der Waals surface area contributed by atoms with E-state index in [-0.39, 0.29) is 6.04 Å². The van der Waals surface area contributed by atoms with Crippen molar-refractivity contribution < 1.29 is 0 Å². The Kier molecular flexibility index (Phi) is 4.23. The van der Waals surface area contributed by atoms with E-state index in [1.165, 1.54) is 11.5 Å². The van der Waals surface area contributed by atoms with Crippen LogP contribution in [0.1, 0.15) is 47.6 Å². The van der Waals surface area contributed by atoms with E-state index >= 15 is 0 Å². The number of hydrogen-bond donors (Lipinski definition) is 1. The van der Waals surface area contributed by atoms with Gasteiger partial charge < -0.3 is 5.73 Å². The molecule has 2 aromatic heterocycles. The second-order valence-electron chi connectivity index (χ2n) is 4.97. The van der Waals surface area contributed by atoms with Crippen molar-refractivity contribution in [3.05, 3.63) is 27.0 Å². The van der Waals surface area contributed by atoms with Gasteiger partial charge in [-0.2, -0.15) is 5.10 Å². The summed E-state index contributed by atoms with van der Waals surface area (Å²) in [7, 11) is 1.83. The zero-order chi connectivity index (χ0) is 14.2. The molecule has 0 saturated heterocycles. The largest absolute Gasteiger partial charge is 0.323 e. The molecule has 0 radical (unpaired) electrons. The molecule has 0 bridgehead atoms. The highest BCUT2D eigenvalue weighted by atomic mass is 35.5. The summed E-state index contributed by atoms with van der Waals surface area (Å²) in [6.07, 6.45) is 0.655. The molecule has 1 unspecified atom stereocenters. The molecule has 0 amide bonds. The zero-order valence-corrected chi connectivity index (χ0v) is 13.1. The SMILES string of the molecule is Cc1nn(C)c(Cl)c1CC(N)c1snnc1C(C)C. The first-order chi connectivity index (χ1) is 8.91. The number of nitrogens with zero attached hydrogens (tertiary/aromatic N) is 4. The van der Waals surface area contributed by atoms with Gasteiger partial charge in [0.05, 0.1) is 16.3 Å². The molecular weight excluding hydrogens is 282 g/mol. The third-order valence-electron chi connectivity index (χ3n) is 3.12. The van der Waals surface area contributed by atoms with Gasteiger partial charge in [0.2, 0.25) is 0 Å². The van der Waals surface area contributed by atoms with E-state index < -0.39 is 0 Å². The Morgan fingerprint density at radius 3 is 2.63 bits per heavy atom. The maximum absolute atomic E-state index is 6.29. The van der Waals surface area contributed by atoms with Gasteiger partial charge >= 0.3 is 0 Å². The quantitative estimate of drug-likeness (QED) is 0.942. The Labute approximate surface area is 121 Å². The molecule has 0 aromatic carbocycles. The number of hydrogen-bond acceptors (Lipinski definition) is 5. The summed E-state index contributed by atoms with van der Waals surface area (Å²) in [5.74, 6) is 0.324. The third kappa shape index (κ3) is 2.80. The fourth-order valence-corrected chi connectivity index (χ4v) is 3.14. The van der Waals surface area contributed by atoms with Crippen LogP contribution in [0.4, 0.5) is 0 Å². The van der Waals surface area contributed by atoms with Crippen LogP contribution in [0.25, 0.3) is 0 Å². The first-order valence-electron chi connectivity index (χ1n) is 6.17. The molecule has 2 rings (SSSR count). The highest BCUT2D eigenvalue weighted by Gasteiger charge is 2.21. The topological polar surface area (TPSA) is 69.6 Å². The smallest absolute Gasteiger partial charge is 0.130 e. The van der Waals surface area contributed by atoms with Gasteiger partial charge in [0.15, 0.2) is 0 Å². The maximum atomic E-state index is 6.29. The van der Waals surface area contributed by atoms with Crippen LogP contribution in [0, 0.1) is 6.92 Å². The molecular formula is C12H18ClN5S. The second kappa shape index (κ2) is 5.56. The lowest BCUT2D eigenvalue weighted by molar-refractivity contribution is 0.698. The second-order valence-corrected chi connectivity index (χ2v) is 6.11. The molecule has 2 aromatic rings. The average molecular weight is 300 g/mol. The summed E-state index contributed by atoms with van der Waals surface area (Å²) in [4.78, 5) is 1.04. The van der Waals surface area contributed by atoms with Crippen molar-refractivity contribution in [2.45, 2.75) is 39.2 Å². The molecule has 0 fully saturated rings. The van der Waals surface area contributed by atoms with Gasteiger partial charge in [-0.3, -0.25) is 4.68 Å². The van der Waals surface area contributed by atoms with E-state index in [0.29, 0.717) is 17.5 Å². The third-order valence-corrected chi connectivity index (χ3v) is 4.46. The van der Waals surface area contributed by atoms with Gasteiger partial charge in [0.25, 0.3) is 0 Å². The van der Waals surface area contributed by atoms with Crippen molar-refractivity contribution in [2.75, 3.05) is 0 Å². The molecule has 0 aliphatic carbocycles. The molecule has 0 saturated carbocycles. The van der Waals surface area contributed by atoms with Crippen molar-refractivity contribution in [3.8, 4) is 0 Å². The Morgan fingerprint density at radius 1 is 1.42 bits per heavy atom. The normalized spacial score (nSPS) is 13.2. The summed E-state index contributed by atoms with van der Waals surface area (Å²) in [5.41, 5.74) is 9.20. The van der Waals surface area contributed by atoms with Crippen molar-refractivity contribution in [1.29, 1.82) is 0 Å². The number of aromatic nitrogens is 4. The maximum Gasteiger partial charge on any atom is 0.130 e. The van der Waals surface area contributed by atoms with Crippen molar-refractivity contribution >= 4 is 23.1 Å². The van der Waals surface area contributed by atoms with Crippen molar-refractivity contribution in [1.82, 2.24) is 19.4 Å². The highest BCUT2D eigenvalue weighted by molar-refractivity contribution is 7.05. The van der Waals surface area contributed by atoms with Gasteiger partial charge in [-0.25, -0.2) is 0 Å². The van der Waals surface area contributed by atoms with Gasteiger partial charge in [0.1, 0.15) is 5.15 Å². The Morgan fingerprint density at radius 2 is 2.11 bits per heavy atom. The molecule has 1 atom stereocenters. The van der Waals surface area contributed by atoms with Gasteiger partial charge in [0, 0.05) is 18.7 Å². The fourth-order valence-electron chi connectivity index (χ4n) is 2.08. The first kappa shape index (κ1) is 14.4. The minimum absolute atomic E-state index is 0.141. The molecule has 0 aliphatic rings.